The van der Waals surface area contributed by atoms with Crippen molar-refractivity contribution >= 4 is 17.6 Å². The van der Waals surface area contributed by atoms with Gasteiger partial charge in [-0.3, -0.25) is 9.69 Å². The average Bonchev–Trinajstić information content (AvgIpc) is 3.14. The highest BCUT2D eigenvalue weighted by Gasteiger charge is 2.61. The number of carbonyl (C=O) groups is 2. The third kappa shape index (κ3) is 1.91. The maximum atomic E-state index is 13.1. The number of piperidine rings is 1. The number of carboxylic acid groups (broad SMARTS) is 1. The van der Waals surface area contributed by atoms with Gasteiger partial charge in [-0.05, 0) is 37.9 Å². The molecule has 0 saturated carbocycles. The Labute approximate surface area is 151 Å². The molecule has 1 spiro atoms. The van der Waals surface area contributed by atoms with Crippen molar-refractivity contribution in [2.75, 3.05) is 18.4 Å². The summed E-state index contributed by atoms with van der Waals surface area (Å²) in [5, 5.41) is 12.7. The van der Waals surface area contributed by atoms with E-state index in [2.05, 4.69) is 10.2 Å². The Kier molecular flexibility index (Phi) is 3.26. The van der Waals surface area contributed by atoms with Crippen LogP contribution >= 0.6 is 0 Å². The Hall–Kier alpha value is -2.34. The number of benzene rings is 1. The number of carboxylic acids is 1. The van der Waals surface area contributed by atoms with Gasteiger partial charge in [-0.15, -0.1) is 0 Å². The number of aliphatic carboxylic acids is 1. The van der Waals surface area contributed by atoms with Crippen molar-refractivity contribution in [2.45, 2.75) is 37.3 Å². The molecule has 0 bridgehead atoms. The molecule has 6 nitrogen and oxygen atoms in total. The molecule has 4 aliphatic rings. The number of nitrogens with zero attached hydrogens (tertiary/aromatic N) is 1. The minimum atomic E-state index is -0.913. The molecule has 136 valence electrons. The fourth-order valence-corrected chi connectivity index (χ4v) is 5.66. The third-order valence-electron chi connectivity index (χ3n) is 6.96. The normalized spacial score (nSPS) is 38.0. The molecule has 1 aromatic rings. The Morgan fingerprint density at radius 2 is 2.19 bits per heavy atom. The second-order valence-electron chi connectivity index (χ2n) is 7.96. The third-order valence-corrected chi connectivity index (χ3v) is 6.96. The van der Waals surface area contributed by atoms with Crippen LogP contribution in [0.4, 0.5) is 5.69 Å². The van der Waals surface area contributed by atoms with E-state index in [9.17, 15) is 14.7 Å². The molecule has 26 heavy (non-hydrogen) atoms. The van der Waals surface area contributed by atoms with Crippen LogP contribution in [0.5, 0.6) is 0 Å². The summed E-state index contributed by atoms with van der Waals surface area (Å²) in [4.78, 5) is 27.2. The van der Waals surface area contributed by atoms with Crippen molar-refractivity contribution in [2.24, 2.45) is 11.8 Å². The lowest BCUT2D eigenvalue weighted by Crippen LogP contribution is -2.56. The van der Waals surface area contributed by atoms with Crippen LogP contribution < -0.4 is 5.32 Å². The molecule has 4 heterocycles. The molecule has 0 radical (unpaired) electrons. The fraction of sp³-hybridized carbons (Fsp3) is 0.500. The summed E-state index contributed by atoms with van der Waals surface area (Å²) in [6.07, 6.45) is 2.87. The topological polar surface area (TPSA) is 78.9 Å². The van der Waals surface area contributed by atoms with Crippen molar-refractivity contribution < 1.29 is 19.4 Å². The summed E-state index contributed by atoms with van der Waals surface area (Å²) in [6.45, 7) is 3.64. The van der Waals surface area contributed by atoms with Gasteiger partial charge in [-0.2, -0.15) is 0 Å². The number of fused-ring (bicyclic) bond motifs is 5. The summed E-state index contributed by atoms with van der Waals surface area (Å²) in [6, 6.07) is 7.95. The summed E-state index contributed by atoms with van der Waals surface area (Å²) in [5.74, 6) is -0.778. The first kappa shape index (κ1) is 15.9. The first-order valence-corrected chi connectivity index (χ1v) is 9.26. The Morgan fingerprint density at radius 3 is 3.00 bits per heavy atom. The van der Waals surface area contributed by atoms with Gasteiger partial charge >= 0.3 is 5.97 Å². The Morgan fingerprint density at radius 1 is 1.38 bits per heavy atom. The number of anilines is 1. The number of rotatable bonds is 1. The predicted molar refractivity (Wildman–Crippen MR) is 94.6 cm³/mol. The van der Waals surface area contributed by atoms with Crippen molar-refractivity contribution in [3.8, 4) is 0 Å². The molecule has 6 heteroatoms. The van der Waals surface area contributed by atoms with Crippen LogP contribution in [0.25, 0.3) is 0 Å². The minimum Gasteiger partial charge on any atom is -0.497 e. The van der Waals surface area contributed by atoms with E-state index < -0.39 is 11.4 Å². The largest absolute Gasteiger partial charge is 0.497 e. The Bertz CT molecular complexity index is 835. The van der Waals surface area contributed by atoms with Gasteiger partial charge in [-0.25, -0.2) is 4.79 Å². The number of nitrogens with one attached hydrogen (secondary N) is 1. The van der Waals surface area contributed by atoms with Crippen molar-refractivity contribution in [1.29, 1.82) is 0 Å². The average molecular weight is 354 g/mol. The summed E-state index contributed by atoms with van der Waals surface area (Å²) >= 11 is 0. The molecule has 5 atom stereocenters. The highest BCUT2D eigenvalue weighted by molar-refractivity contribution is 6.07. The van der Waals surface area contributed by atoms with Gasteiger partial charge in [0, 0.05) is 30.1 Å². The summed E-state index contributed by atoms with van der Waals surface area (Å²) < 4.78 is 5.62. The molecule has 5 rings (SSSR count). The van der Waals surface area contributed by atoms with Gasteiger partial charge in [-0.1, -0.05) is 18.2 Å². The van der Waals surface area contributed by atoms with Crippen LogP contribution in [0.3, 0.4) is 0 Å². The van der Waals surface area contributed by atoms with Crippen LogP contribution in [-0.4, -0.2) is 47.1 Å². The van der Waals surface area contributed by atoms with Crippen LogP contribution in [0.2, 0.25) is 0 Å². The van der Waals surface area contributed by atoms with E-state index in [1.54, 1.807) is 0 Å². The molecule has 0 aliphatic carbocycles. The van der Waals surface area contributed by atoms with Crippen LogP contribution in [0, 0.1) is 11.8 Å². The lowest BCUT2D eigenvalue weighted by Gasteiger charge is -2.47. The van der Waals surface area contributed by atoms with Gasteiger partial charge < -0.3 is 15.2 Å². The predicted octanol–water partition coefficient (Wildman–Crippen LogP) is 1.97. The van der Waals surface area contributed by atoms with E-state index in [0.29, 0.717) is 12.0 Å². The first-order chi connectivity index (χ1) is 12.5. The highest BCUT2D eigenvalue weighted by Crippen LogP contribution is 2.53. The lowest BCUT2D eigenvalue weighted by atomic mass is 9.66. The molecule has 2 fully saturated rings. The molecular formula is C20H22N2O4. The molecular weight excluding hydrogens is 332 g/mol. The Balaban J connectivity index is 1.57. The maximum Gasteiger partial charge on any atom is 0.334 e. The summed E-state index contributed by atoms with van der Waals surface area (Å²) in [5.41, 5.74) is 1.75. The molecule has 2 N–H and O–H groups in total. The smallest absolute Gasteiger partial charge is 0.334 e. The van der Waals surface area contributed by atoms with E-state index >= 15 is 0 Å². The van der Waals surface area contributed by atoms with Crippen LogP contribution in [0.15, 0.2) is 36.1 Å². The SMILES string of the molecule is C[C@H]1OC=C(C(=O)O)[C@H]2C[C@@H]3N(CC[C@]34C(=O)Nc3ccccc34)C[C@H]21. The molecule has 0 unspecified atom stereocenters. The van der Waals surface area contributed by atoms with Crippen molar-refractivity contribution in [1.82, 2.24) is 4.90 Å². The monoisotopic (exact) mass is 354 g/mol. The van der Waals surface area contributed by atoms with Crippen LogP contribution in [-0.2, 0) is 19.7 Å². The number of amides is 1. The van der Waals surface area contributed by atoms with Gasteiger partial charge in [0.2, 0.25) is 5.91 Å². The zero-order valence-corrected chi connectivity index (χ0v) is 14.6. The number of hydrogen-bond donors (Lipinski definition) is 2. The molecule has 4 aliphatic heterocycles. The number of ether oxygens (including phenoxy) is 1. The van der Waals surface area contributed by atoms with Gasteiger partial charge in [0.1, 0.15) is 0 Å². The van der Waals surface area contributed by atoms with Crippen molar-refractivity contribution in [3.05, 3.63) is 41.7 Å². The van der Waals surface area contributed by atoms with E-state index in [-0.39, 0.29) is 29.9 Å². The van der Waals surface area contributed by atoms with E-state index in [4.69, 9.17) is 4.74 Å². The van der Waals surface area contributed by atoms with E-state index in [1.807, 2.05) is 31.2 Å². The highest BCUT2D eigenvalue weighted by atomic mass is 16.5. The number of hydrogen-bond acceptors (Lipinski definition) is 4. The second-order valence-corrected chi connectivity index (χ2v) is 7.96. The van der Waals surface area contributed by atoms with Gasteiger partial charge in [0.25, 0.3) is 0 Å². The number of carbonyl (C=O) groups excluding carboxylic acids is 1. The van der Waals surface area contributed by atoms with Crippen LogP contribution in [0.1, 0.15) is 25.3 Å². The minimum absolute atomic E-state index is 0.00899. The quantitative estimate of drug-likeness (QED) is 0.806. The van der Waals surface area contributed by atoms with Gasteiger partial charge in [0.05, 0.1) is 23.4 Å². The first-order valence-electron chi connectivity index (χ1n) is 9.26. The number of para-hydroxylation sites is 1. The summed E-state index contributed by atoms with van der Waals surface area (Å²) in [7, 11) is 0. The second kappa shape index (κ2) is 5.33. The lowest BCUT2D eigenvalue weighted by molar-refractivity contribution is -0.135. The molecule has 0 aromatic heterocycles. The zero-order chi connectivity index (χ0) is 18.1. The van der Waals surface area contributed by atoms with E-state index in [0.717, 1.165) is 30.8 Å². The molecule has 1 amide bonds. The molecule has 1 aromatic carbocycles. The van der Waals surface area contributed by atoms with Gasteiger partial charge in [0.15, 0.2) is 0 Å². The maximum absolute atomic E-state index is 13.1. The molecule has 2 saturated heterocycles. The zero-order valence-electron chi connectivity index (χ0n) is 14.6. The van der Waals surface area contributed by atoms with E-state index in [1.165, 1.54) is 6.26 Å². The standard InChI is InChI=1S/C20H22N2O4/c1-11-13-9-22-7-6-20(15-4-2-3-5-16(15)21-19(20)25)17(22)8-12(13)14(10-26-11)18(23)24/h2-5,10-13,17H,6-9H2,1H3,(H,21,25)(H,23,24)/t11-,12+,13+,17+,20-/m1/s1. The fourth-order valence-electron chi connectivity index (χ4n) is 5.66. The van der Waals surface area contributed by atoms with Crippen molar-refractivity contribution in [3.63, 3.8) is 0 Å².